The molecule has 5 heteroatoms. The molecule has 0 unspecified atom stereocenters. The minimum absolute atomic E-state index is 0. The van der Waals surface area contributed by atoms with Crippen LogP contribution in [-0.2, 0) is 38.9 Å². The van der Waals surface area contributed by atoms with Gasteiger partial charge >= 0.3 is 34.1 Å². The zero-order valence-corrected chi connectivity index (χ0v) is 6.15. The molecule has 0 saturated carbocycles. The van der Waals surface area contributed by atoms with Crippen molar-refractivity contribution in [2.75, 3.05) is 0 Å². The molecule has 0 aromatic heterocycles. The van der Waals surface area contributed by atoms with Gasteiger partial charge < -0.3 is 22.3 Å². The summed E-state index contributed by atoms with van der Waals surface area (Å²) in [5.74, 6) is -1.08. The molecular formula is C2H3ClCuFeO2+. The van der Waals surface area contributed by atoms with E-state index in [9.17, 15) is 0 Å². The monoisotopic (exact) mass is 213 g/mol. The second kappa shape index (κ2) is 15.8. The predicted octanol–water partition coefficient (Wildman–Crippen LogP) is -4.24. The number of hydrogen-bond donors (Lipinski definition) is 0. The molecule has 0 radical (unpaired) electrons. The first-order chi connectivity index (χ1) is 1.73. The van der Waals surface area contributed by atoms with Crippen LogP contribution in [0.5, 0.6) is 0 Å². The van der Waals surface area contributed by atoms with E-state index in [1.165, 1.54) is 0 Å². The largest absolute Gasteiger partial charge is 2.00 e. The zero-order chi connectivity index (χ0) is 3.58. The van der Waals surface area contributed by atoms with E-state index in [1.54, 1.807) is 0 Å². The van der Waals surface area contributed by atoms with Crippen LogP contribution >= 0.6 is 0 Å². The third-order valence-electron chi connectivity index (χ3n) is 0. The van der Waals surface area contributed by atoms with E-state index in [0.717, 1.165) is 6.92 Å². The van der Waals surface area contributed by atoms with Crippen molar-refractivity contribution in [3.8, 4) is 0 Å². The van der Waals surface area contributed by atoms with Crippen LogP contribution in [-0.4, -0.2) is 5.97 Å². The summed E-state index contributed by atoms with van der Waals surface area (Å²) in [6, 6.07) is 0. The van der Waals surface area contributed by atoms with Gasteiger partial charge in [-0.05, 0) is 6.92 Å². The molecule has 0 bridgehead atoms. The number of carbonyl (C=O) groups excluding carboxylic acids is 1. The Kier molecular flexibility index (Phi) is 56.5. The maximum Gasteiger partial charge on any atom is 2.00 e. The molecule has 0 aliphatic heterocycles. The maximum atomic E-state index is 8.89. The Morgan fingerprint density at radius 1 is 1.57 bits per heavy atom. The normalized spacial score (nSPS) is 3.57. The SMILES string of the molecule is CC(=O)[O-].[Cl-].[Cu+].[Fe+2]. The molecule has 0 aromatic carbocycles. The number of halogens is 1. The molecule has 0 aromatic rings. The molecule has 0 spiro atoms. The molecule has 0 fully saturated rings. The summed E-state index contributed by atoms with van der Waals surface area (Å²) in [7, 11) is 0. The molecule has 0 amide bonds. The molecule has 0 N–H and O–H groups in total. The Balaban J connectivity index is -0.0000000150. The van der Waals surface area contributed by atoms with Crippen molar-refractivity contribution in [3.05, 3.63) is 0 Å². The van der Waals surface area contributed by atoms with E-state index in [1.807, 2.05) is 0 Å². The van der Waals surface area contributed by atoms with E-state index in [0.29, 0.717) is 0 Å². The fourth-order valence-corrected chi connectivity index (χ4v) is 0. The van der Waals surface area contributed by atoms with Gasteiger partial charge in [-0.2, -0.15) is 0 Å². The number of carboxylic acids is 1. The summed E-state index contributed by atoms with van der Waals surface area (Å²) in [5.41, 5.74) is 0. The van der Waals surface area contributed by atoms with Crippen LogP contribution in [0.25, 0.3) is 0 Å². The topological polar surface area (TPSA) is 40.1 Å². The summed E-state index contributed by atoms with van der Waals surface area (Å²) in [6.45, 7) is 0.972. The van der Waals surface area contributed by atoms with Gasteiger partial charge in [-0.1, -0.05) is 0 Å². The standard InChI is InChI=1S/C2H4O2.ClH.Cu.Fe/c1-2(3)4;;;/h1H3,(H,3,4);1H;;/q;;+1;+2/p-2. The van der Waals surface area contributed by atoms with Crippen molar-refractivity contribution < 1.29 is 56.4 Å². The number of carbonyl (C=O) groups is 1. The number of aliphatic carboxylic acids is 1. The number of hydrogen-bond acceptors (Lipinski definition) is 2. The first kappa shape index (κ1) is 25.0. The second-order valence-electron chi connectivity index (χ2n) is 0.492. The van der Waals surface area contributed by atoms with E-state index in [-0.39, 0.29) is 46.5 Å². The molecule has 0 aliphatic carbocycles. The average molecular weight is 214 g/mol. The first-order valence-electron chi connectivity index (χ1n) is 0.908. The second-order valence-corrected chi connectivity index (χ2v) is 0.492. The van der Waals surface area contributed by atoms with Gasteiger partial charge in [-0.25, -0.2) is 0 Å². The van der Waals surface area contributed by atoms with Crippen molar-refractivity contribution in [3.63, 3.8) is 0 Å². The van der Waals surface area contributed by atoms with Crippen molar-refractivity contribution in [2.45, 2.75) is 6.92 Å². The Bertz CT molecular complexity index is 38.7. The fraction of sp³-hybridized carbons (Fsp3) is 0.500. The first-order valence-corrected chi connectivity index (χ1v) is 0.908. The van der Waals surface area contributed by atoms with Gasteiger partial charge in [0.05, 0.1) is 0 Å². The Hall–Kier alpha value is 0.799. The molecule has 0 saturated heterocycles. The smallest absolute Gasteiger partial charge is 1.00 e. The molecule has 0 atom stereocenters. The van der Waals surface area contributed by atoms with Crippen LogP contribution in [0, 0.1) is 0 Å². The van der Waals surface area contributed by atoms with Crippen LogP contribution in [0.1, 0.15) is 6.92 Å². The minimum atomic E-state index is -1.08. The van der Waals surface area contributed by atoms with Gasteiger partial charge in [0.25, 0.3) is 0 Å². The third kappa shape index (κ3) is 245. The Labute approximate surface area is 69.4 Å². The molecule has 48 valence electrons. The number of carboxylic acid groups (broad SMARTS) is 1. The molecule has 7 heavy (non-hydrogen) atoms. The predicted molar refractivity (Wildman–Crippen MR) is 10.7 cm³/mol. The molecular weight excluding hydrogens is 211 g/mol. The van der Waals surface area contributed by atoms with Gasteiger partial charge in [-0.3, -0.25) is 0 Å². The third-order valence-corrected chi connectivity index (χ3v) is 0. The van der Waals surface area contributed by atoms with Gasteiger partial charge in [-0.15, -0.1) is 0 Å². The average Bonchev–Trinajstić information content (AvgIpc) is 0.811. The van der Waals surface area contributed by atoms with Gasteiger partial charge in [0.2, 0.25) is 0 Å². The molecule has 0 rings (SSSR count). The summed E-state index contributed by atoms with van der Waals surface area (Å²) in [6.07, 6.45) is 0. The van der Waals surface area contributed by atoms with Crippen LogP contribution in [0.3, 0.4) is 0 Å². The summed E-state index contributed by atoms with van der Waals surface area (Å²) in [4.78, 5) is 8.89. The summed E-state index contributed by atoms with van der Waals surface area (Å²) in [5, 5.41) is 8.89. The van der Waals surface area contributed by atoms with Crippen LogP contribution < -0.4 is 17.5 Å². The summed E-state index contributed by atoms with van der Waals surface area (Å²) >= 11 is 0. The van der Waals surface area contributed by atoms with Gasteiger partial charge in [0.1, 0.15) is 0 Å². The van der Waals surface area contributed by atoms with Crippen molar-refractivity contribution in [1.29, 1.82) is 0 Å². The van der Waals surface area contributed by atoms with Crippen LogP contribution in [0.2, 0.25) is 0 Å². The van der Waals surface area contributed by atoms with Crippen LogP contribution in [0.4, 0.5) is 0 Å². The van der Waals surface area contributed by atoms with Crippen LogP contribution in [0.15, 0.2) is 0 Å². The molecule has 0 aliphatic rings. The quantitative estimate of drug-likeness (QED) is 0.383. The Morgan fingerprint density at radius 2 is 1.57 bits per heavy atom. The van der Waals surface area contributed by atoms with E-state index < -0.39 is 5.97 Å². The van der Waals surface area contributed by atoms with Crippen molar-refractivity contribution in [1.82, 2.24) is 0 Å². The summed E-state index contributed by atoms with van der Waals surface area (Å²) < 4.78 is 0. The molecule has 2 nitrogen and oxygen atoms in total. The van der Waals surface area contributed by atoms with E-state index in [4.69, 9.17) is 9.90 Å². The van der Waals surface area contributed by atoms with E-state index in [2.05, 4.69) is 0 Å². The zero-order valence-electron chi connectivity index (χ0n) is 3.35. The van der Waals surface area contributed by atoms with Crippen molar-refractivity contribution in [2.24, 2.45) is 0 Å². The minimum Gasteiger partial charge on any atom is -1.00 e. The van der Waals surface area contributed by atoms with Gasteiger partial charge in [0, 0.05) is 5.97 Å². The van der Waals surface area contributed by atoms with Crippen molar-refractivity contribution >= 4 is 5.97 Å². The van der Waals surface area contributed by atoms with E-state index >= 15 is 0 Å². The maximum absolute atomic E-state index is 8.89. The molecule has 0 heterocycles. The Morgan fingerprint density at radius 3 is 1.57 bits per heavy atom. The fourth-order valence-electron chi connectivity index (χ4n) is 0. The number of rotatable bonds is 0. The van der Waals surface area contributed by atoms with Gasteiger partial charge in [0.15, 0.2) is 0 Å².